The van der Waals surface area contributed by atoms with Crippen molar-refractivity contribution in [2.45, 2.75) is 24.9 Å². The minimum atomic E-state index is -0.684. The molecule has 2 heterocycles. The highest BCUT2D eigenvalue weighted by Crippen LogP contribution is 2.28. The highest BCUT2D eigenvalue weighted by molar-refractivity contribution is 5.37. The average molecular weight is 256 g/mol. The number of aromatic nitrogens is 2. The van der Waals surface area contributed by atoms with Gasteiger partial charge in [-0.2, -0.15) is 0 Å². The zero-order valence-electron chi connectivity index (χ0n) is 9.31. The third-order valence-electron chi connectivity index (χ3n) is 2.75. The molecule has 0 aliphatic carbocycles. The molecule has 0 amide bonds. The fourth-order valence-electron chi connectivity index (χ4n) is 1.90. The molecule has 8 nitrogen and oxygen atoms in total. The van der Waals surface area contributed by atoms with Crippen LogP contribution >= 0.6 is 0 Å². The monoisotopic (exact) mass is 256 g/mol. The molecule has 0 spiro atoms. The van der Waals surface area contributed by atoms with Crippen molar-refractivity contribution in [2.75, 3.05) is 6.61 Å². The molecule has 18 heavy (non-hydrogen) atoms. The summed E-state index contributed by atoms with van der Waals surface area (Å²) in [6.45, 7) is -0.0538. The second kappa shape index (κ2) is 5.15. The van der Waals surface area contributed by atoms with Gasteiger partial charge in [0.15, 0.2) is 0 Å². The SMILES string of the molecule is O=CO[C@H]1C[C@H](n2ccc(=O)[nH]c2=O)O[C@@H]1CO. The Labute approximate surface area is 101 Å². The first-order valence-electron chi connectivity index (χ1n) is 5.32. The predicted molar refractivity (Wildman–Crippen MR) is 57.9 cm³/mol. The van der Waals surface area contributed by atoms with Crippen LogP contribution in [0.4, 0.5) is 0 Å². The Balaban J connectivity index is 2.23. The van der Waals surface area contributed by atoms with E-state index in [2.05, 4.69) is 4.98 Å². The van der Waals surface area contributed by atoms with Crippen molar-refractivity contribution in [2.24, 2.45) is 0 Å². The van der Waals surface area contributed by atoms with Crippen LogP contribution in [0.3, 0.4) is 0 Å². The molecular weight excluding hydrogens is 244 g/mol. The van der Waals surface area contributed by atoms with Crippen LogP contribution in [0.2, 0.25) is 0 Å². The highest BCUT2D eigenvalue weighted by Gasteiger charge is 2.37. The summed E-state index contributed by atoms with van der Waals surface area (Å²) in [5, 5.41) is 9.08. The minimum absolute atomic E-state index is 0.232. The zero-order valence-corrected chi connectivity index (χ0v) is 9.31. The number of nitrogens with one attached hydrogen (secondary N) is 1. The van der Waals surface area contributed by atoms with Crippen LogP contribution in [-0.4, -0.2) is 39.9 Å². The van der Waals surface area contributed by atoms with Gasteiger partial charge in [0.2, 0.25) is 0 Å². The van der Waals surface area contributed by atoms with Crippen LogP contribution in [0.15, 0.2) is 21.9 Å². The molecule has 2 rings (SSSR count). The zero-order chi connectivity index (χ0) is 13.1. The Morgan fingerprint density at radius 3 is 3.00 bits per heavy atom. The number of aromatic amines is 1. The number of ether oxygens (including phenoxy) is 2. The maximum atomic E-state index is 11.5. The van der Waals surface area contributed by atoms with Crippen molar-refractivity contribution in [1.82, 2.24) is 9.55 Å². The van der Waals surface area contributed by atoms with E-state index in [1.807, 2.05) is 0 Å². The lowest BCUT2D eigenvalue weighted by Gasteiger charge is -2.14. The van der Waals surface area contributed by atoms with Gasteiger partial charge in [0.1, 0.15) is 18.4 Å². The number of hydrogen-bond donors (Lipinski definition) is 2. The van der Waals surface area contributed by atoms with Gasteiger partial charge in [-0.15, -0.1) is 0 Å². The number of rotatable bonds is 4. The maximum Gasteiger partial charge on any atom is 0.330 e. The van der Waals surface area contributed by atoms with Gasteiger partial charge in [-0.25, -0.2) is 4.79 Å². The fourth-order valence-corrected chi connectivity index (χ4v) is 1.90. The Bertz CT molecular complexity index is 536. The summed E-state index contributed by atoms with van der Waals surface area (Å²) < 4.78 is 11.3. The maximum absolute atomic E-state index is 11.5. The second-order valence-electron chi connectivity index (χ2n) is 3.84. The summed E-state index contributed by atoms with van der Waals surface area (Å²) >= 11 is 0. The first-order valence-corrected chi connectivity index (χ1v) is 5.32. The van der Waals surface area contributed by atoms with E-state index in [0.717, 1.165) is 0 Å². The molecule has 0 aromatic carbocycles. The van der Waals surface area contributed by atoms with Crippen molar-refractivity contribution in [1.29, 1.82) is 0 Å². The summed E-state index contributed by atoms with van der Waals surface area (Å²) in [6.07, 6.45) is -0.453. The third kappa shape index (κ3) is 2.34. The van der Waals surface area contributed by atoms with Crippen LogP contribution < -0.4 is 11.2 Å². The molecule has 1 aliphatic heterocycles. The topological polar surface area (TPSA) is 111 Å². The van der Waals surface area contributed by atoms with Crippen LogP contribution in [0.25, 0.3) is 0 Å². The summed E-state index contributed by atoms with van der Waals surface area (Å²) in [6, 6.07) is 1.19. The lowest BCUT2D eigenvalue weighted by atomic mass is 10.2. The molecule has 0 unspecified atom stereocenters. The standard InChI is InChI=1S/C10H12N2O6/c13-4-7-6(17-5-14)3-9(18-7)12-2-1-8(15)11-10(12)16/h1-2,5-7,9,13H,3-4H2,(H,11,15,16)/t6-,7+,9+/m0/s1. The molecule has 0 radical (unpaired) electrons. The molecule has 3 atom stereocenters. The van der Waals surface area contributed by atoms with E-state index >= 15 is 0 Å². The van der Waals surface area contributed by atoms with E-state index in [9.17, 15) is 14.4 Å². The van der Waals surface area contributed by atoms with Crippen molar-refractivity contribution in [3.05, 3.63) is 33.1 Å². The van der Waals surface area contributed by atoms with Gasteiger partial charge in [-0.05, 0) is 0 Å². The van der Waals surface area contributed by atoms with E-state index in [4.69, 9.17) is 14.6 Å². The number of H-pyrrole nitrogens is 1. The molecular formula is C10H12N2O6. The molecule has 0 bridgehead atoms. The molecule has 1 aliphatic rings. The van der Waals surface area contributed by atoms with Crippen molar-refractivity contribution < 1.29 is 19.4 Å². The highest BCUT2D eigenvalue weighted by atomic mass is 16.6. The lowest BCUT2D eigenvalue weighted by molar-refractivity contribution is -0.137. The molecule has 1 fully saturated rings. The quantitative estimate of drug-likeness (QED) is 0.625. The van der Waals surface area contributed by atoms with Gasteiger partial charge < -0.3 is 14.6 Å². The number of aliphatic hydroxyl groups is 1. The Morgan fingerprint density at radius 2 is 2.39 bits per heavy atom. The molecule has 2 N–H and O–H groups in total. The number of hydrogen-bond acceptors (Lipinski definition) is 6. The molecule has 1 saturated heterocycles. The third-order valence-corrected chi connectivity index (χ3v) is 2.75. The van der Waals surface area contributed by atoms with Crippen LogP contribution in [-0.2, 0) is 14.3 Å². The van der Waals surface area contributed by atoms with Crippen molar-refractivity contribution >= 4 is 6.47 Å². The van der Waals surface area contributed by atoms with E-state index in [1.165, 1.54) is 16.8 Å². The number of carbonyl (C=O) groups is 1. The van der Waals surface area contributed by atoms with Gasteiger partial charge in [0, 0.05) is 18.7 Å². The largest absolute Gasteiger partial charge is 0.462 e. The van der Waals surface area contributed by atoms with Crippen molar-refractivity contribution in [3.63, 3.8) is 0 Å². The van der Waals surface area contributed by atoms with E-state index in [0.29, 0.717) is 0 Å². The van der Waals surface area contributed by atoms with Gasteiger partial charge in [-0.1, -0.05) is 0 Å². The fraction of sp³-hybridized carbons (Fsp3) is 0.500. The first-order chi connectivity index (χ1) is 8.65. The van der Waals surface area contributed by atoms with Gasteiger partial charge in [-0.3, -0.25) is 19.1 Å². The predicted octanol–water partition coefficient (Wildman–Crippen LogP) is -1.64. The summed E-state index contributed by atoms with van der Waals surface area (Å²) in [5.74, 6) is 0. The molecule has 98 valence electrons. The number of nitrogens with zero attached hydrogens (tertiary/aromatic N) is 1. The van der Waals surface area contributed by atoms with Gasteiger partial charge in [0.05, 0.1) is 6.61 Å². The smallest absolute Gasteiger partial charge is 0.330 e. The summed E-state index contributed by atoms with van der Waals surface area (Å²) in [5.41, 5.74) is -1.12. The van der Waals surface area contributed by atoms with E-state index in [-0.39, 0.29) is 19.5 Å². The lowest BCUT2D eigenvalue weighted by Crippen LogP contribution is -2.31. The second-order valence-corrected chi connectivity index (χ2v) is 3.84. The Morgan fingerprint density at radius 1 is 1.61 bits per heavy atom. The van der Waals surface area contributed by atoms with Gasteiger partial charge in [0.25, 0.3) is 12.0 Å². The van der Waals surface area contributed by atoms with Crippen LogP contribution in [0.5, 0.6) is 0 Å². The van der Waals surface area contributed by atoms with Crippen molar-refractivity contribution in [3.8, 4) is 0 Å². The Hall–Kier alpha value is -1.93. The average Bonchev–Trinajstić information content (AvgIpc) is 2.72. The van der Waals surface area contributed by atoms with E-state index in [1.54, 1.807) is 0 Å². The summed E-state index contributed by atoms with van der Waals surface area (Å²) in [4.78, 5) is 34.9. The summed E-state index contributed by atoms with van der Waals surface area (Å²) in [7, 11) is 0. The molecule has 8 heteroatoms. The minimum Gasteiger partial charge on any atom is -0.462 e. The van der Waals surface area contributed by atoms with Crippen LogP contribution in [0.1, 0.15) is 12.6 Å². The molecule has 0 saturated carbocycles. The molecule has 1 aromatic heterocycles. The first kappa shape index (κ1) is 12.5. The van der Waals surface area contributed by atoms with E-state index < -0.39 is 29.7 Å². The number of carbonyl (C=O) groups excluding carboxylic acids is 1. The Kier molecular flexibility index (Phi) is 3.58. The van der Waals surface area contributed by atoms with Gasteiger partial charge >= 0.3 is 5.69 Å². The van der Waals surface area contributed by atoms with Crippen LogP contribution in [0, 0.1) is 0 Å². The number of aliphatic hydroxyl groups excluding tert-OH is 1. The normalized spacial score (nSPS) is 27.1. The molecule has 1 aromatic rings.